The van der Waals surface area contributed by atoms with Gasteiger partial charge in [-0.15, -0.1) is 0 Å². The van der Waals surface area contributed by atoms with Gasteiger partial charge in [0.2, 0.25) is 0 Å². The first-order valence-corrected chi connectivity index (χ1v) is 31.3. The van der Waals surface area contributed by atoms with E-state index in [9.17, 15) is 0 Å². The summed E-state index contributed by atoms with van der Waals surface area (Å²) >= 11 is 0. The quantitative estimate of drug-likeness (QED) is 0.0611. The van der Waals surface area contributed by atoms with Gasteiger partial charge < -0.3 is 0 Å². The van der Waals surface area contributed by atoms with Crippen LogP contribution in [-0.2, 0) is 19.3 Å². The molecule has 0 amide bonds. The molecule has 66 heavy (non-hydrogen) atoms. The highest BCUT2D eigenvalue weighted by molar-refractivity contribution is 4.99. The molecule has 1 aromatic rings. The van der Waals surface area contributed by atoms with E-state index in [4.69, 9.17) is 15.0 Å². The lowest BCUT2D eigenvalue weighted by molar-refractivity contribution is 0.514. The lowest BCUT2D eigenvalue weighted by atomic mass is 10.0. The highest BCUT2D eigenvalue weighted by Crippen LogP contribution is 2.19. The van der Waals surface area contributed by atoms with E-state index in [1.165, 1.54) is 334 Å². The first-order valence-electron chi connectivity index (χ1n) is 31.3. The number of unbranched alkanes of at least 4 members (excludes halogenated alkanes) is 51. The molecular weight excluding hydrogens is 799 g/mol. The fourth-order valence-corrected chi connectivity index (χ4v) is 10.3. The van der Waals surface area contributed by atoms with E-state index in [1.807, 2.05) is 0 Å². The predicted octanol–water partition coefficient (Wildman–Crippen LogP) is 22.4. The van der Waals surface area contributed by atoms with Crippen LogP contribution in [-0.4, -0.2) is 15.0 Å². The molecule has 0 aliphatic carbocycles. The molecule has 0 aromatic carbocycles. The summed E-state index contributed by atoms with van der Waals surface area (Å²) < 4.78 is 0. The maximum Gasteiger partial charge on any atom is 0.132 e. The van der Waals surface area contributed by atoms with Crippen molar-refractivity contribution in [1.82, 2.24) is 15.0 Å². The molecule has 0 fully saturated rings. The SMILES string of the molecule is [CH2]CCCc1nc(CCCCCCCCCCCCCCCCCCCCCCCCCCCC)nc(CCCCCCCCCCCCCCCCCCCCCCCCCCCC)n1. The van der Waals surface area contributed by atoms with Crippen molar-refractivity contribution in [2.45, 2.75) is 380 Å². The minimum absolute atomic E-state index is 0.949. The molecule has 3 nitrogen and oxygen atoms in total. The van der Waals surface area contributed by atoms with E-state index in [1.54, 1.807) is 0 Å². The zero-order chi connectivity index (χ0) is 47.2. The van der Waals surface area contributed by atoms with Gasteiger partial charge >= 0.3 is 0 Å². The van der Waals surface area contributed by atoms with Crippen LogP contribution in [0.25, 0.3) is 0 Å². The van der Waals surface area contributed by atoms with Crippen LogP contribution in [0.1, 0.15) is 378 Å². The molecule has 3 heteroatoms. The van der Waals surface area contributed by atoms with Crippen LogP contribution >= 0.6 is 0 Å². The third-order valence-electron chi connectivity index (χ3n) is 14.9. The molecule has 0 spiro atoms. The van der Waals surface area contributed by atoms with Crippen molar-refractivity contribution < 1.29 is 0 Å². The van der Waals surface area contributed by atoms with Gasteiger partial charge in [-0.3, -0.25) is 0 Å². The van der Waals surface area contributed by atoms with Crippen LogP contribution < -0.4 is 0 Å². The summed E-state index contributed by atoms with van der Waals surface area (Å²) in [5, 5.41) is 0. The van der Waals surface area contributed by atoms with Crippen LogP contribution in [0.4, 0.5) is 0 Å². The number of hydrogen-bond acceptors (Lipinski definition) is 3. The van der Waals surface area contributed by atoms with Gasteiger partial charge in [-0.1, -0.05) is 348 Å². The van der Waals surface area contributed by atoms with Crippen molar-refractivity contribution >= 4 is 0 Å². The first kappa shape index (κ1) is 63.0. The van der Waals surface area contributed by atoms with E-state index in [-0.39, 0.29) is 0 Å². The Balaban J connectivity index is 1.91. The topological polar surface area (TPSA) is 38.7 Å². The number of hydrogen-bond donors (Lipinski definition) is 0. The Hall–Kier alpha value is -0.990. The van der Waals surface area contributed by atoms with E-state index >= 15 is 0 Å². The Morgan fingerprint density at radius 2 is 0.333 bits per heavy atom. The standard InChI is InChI=1S/C63H122N3/c1-4-7-10-12-14-16-18-20-22-24-26-28-30-32-34-36-38-40-42-44-46-48-50-52-54-56-59-62-64-61(58-9-6-3)65-63(66-62)60-57-55-53-51-49-47-45-43-41-39-37-35-33-31-29-27-25-23-21-19-17-15-13-11-8-5-2/h3-60H2,1-2H3. The van der Waals surface area contributed by atoms with E-state index < -0.39 is 0 Å². The van der Waals surface area contributed by atoms with Gasteiger partial charge in [0.25, 0.3) is 0 Å². The highest BCUT2D eigenvalue weighted by atomic mass is 15.0. The van der Waals surface area contributed by atoms with Crippen molar-refractivity contribution in [2.24, 2.45) is 0 Å². The second-order valence-electron chi connectivity index (χ2n) is 21.7. The van der Waals surface area contributed by atoms with Crippen LogP contribution in [0.2, 0.25) is 0 Å². The maximum absolute atomic E-state index is 4.97. The lowest BCUT2D eigenvalue weighted by Gasteiger charge is -2.08. The monoisotopic (exact) mass is 921 g/mol. The molecule has 0 unspecified atom stereocenters. The van der Waals surface area contributed by atoms with Gasteiger partial charge in [-0.05, 0) is 19.3 Å². The molecule has 0 aliphatic rings. The van der Waals surface area contributed by atoms with E-state index in [2.05, 4.69) is 20.8 Å². The zero-order valence-electron chi connectivity index (χ0n) is 45.9. The Labute approximate surface area is 417 Å². The Morgan fingerprint density at radius 1 is 0.197 bits per heavy atom. The summed E-state index contributed by atoms with van der Waals surface area (Å²) in [6.07, 6.45) is 79.9. The molecule has 0 atom stereocenters. The summed E-state index contributed by atoms with van der Waals surface area (Å²) in [6.45, 7) is 8.68. The van der Waals surface area contributed by atoms with Crippen LogP contribution in [0.5, 0.6) is 0 Å². The van der Waals surface area contributed by atoms with Crippen molar-refractivity contribution in [2.75, 3.05) is 0 Å². The van der Waals surface area contributed by atoms with Gasteiger partial charge in [0.15, 0.2) is 0 Å². The maximum atomic E-state index is 4.97. The van der Waals surface area contributed by atoms with E-state index in [0.717, 1.165) is 49.6 Å². The number of aryl methyl sites for hydroxylation is 3. The van der Waals surface area contributed by atoms with Crippen molar-refractivity contribution in [3.63, 3.8) is 0 Å². The van der Waals surface area contributed by atoms with Crippen molar-refractivity contribution in [3.8, 4) is 0 Å². The molecule has 0 saturated heterocycles. The minimum Gasteiger partial charge on any atom is -0.218 e. The van der Waals surface area contributed by atoms with E-state index in [0.29, 0.717) is 0 Å². The van der Waals surface area contributed by atoms with Crippen LogP contribution in [0, 0.1) is 6.92 Å². The Morgan fingerprint density at radius 3 is 0.485 bits per heavy atom. The summed E-state index contributed by atoms with van der Waals surface area (Å²) in [5.41, 5.74) is 0. The van der Waals surface area contributed by atoms with Crippen LogP contribution in [0.3, 0.4) is 0 Å². The molecule has 389 valence electrons. The molecule has 1 heterocycles. The Kier molecular flexibility index (Phi) is 52.5. The van der Waals surface area contributed by atoms with Gasteiger partial charge in [-0.25, -0.2) is 15.0 Å². The second kappa shape index (κ2) is 54.9. The average molecular weight is 922 g/mol. The fraction of sp³-hybridized carbons (Fsp3) is 0.937. The number of aromatic nitrogens is 3. The third-order valence-corrected chi connectivity index (χ3v) is 14.9. The molecule has 0 bridgehead atoms. The molecule has 0 N–H and O–H groups in total. The molecule has 1 aromatic heterocycles. The minimum atomic E-state index is 0.949. The molecule has 0 aliphatic heterocycles. The zero-order valence-corrected chi connectivity index (χ0v) is 45.9. The van der Waals surface area contributed by atoms with Crippen LogP contribution in [0.15, 0.2) is 0 Å². The van der Waals surface area contributed by atoms with Gasteiger partial charge in [0, 0.05) is 19.3 Å². The summed E-state index contributed by atoms with van der Waals surface area (Å²) in [4.78, 5) is 14.8. The largest absolute Gasteiger partial charge is 0.218 e. The summed E-state index contributed by atoms with van der Waals surface area (Å²) in [7, 11) is 0. The molecular formula is C63H122N3. The van der Waals surface area contributed by atoms with Crippen molar-refractivity contribution in [3.05, 3.63) is 24.4 Å². The highest BCUT2D eigenvalue weighted by Gasteiger charge is 2.08. The van der Waals surface area contributed by atoms with Gasteiger partial charge in [-0.2, -0.15) is 0 Å². The summed E-state index contributed by atoms with van der Waals surface area (Å²) in [6, 6.07) is 0. The predicted molar refractivity (Wildman–Crippen MR) is 297 cm³/mol. The Bertz CT molecular complexity index is 964. The lowest BCUT2D eigenvalue weighted by Crippen LogP contribution is -2.08. The third kappa shape index (κ3) is 48.1. The second-order valence-corrected chi connectivity index (χ2v) is 21.7. The molecule has 1 radical (unpaired) electrons. The average Bonchev–Trinajstić information content (AvgIpc) is 3.33. The smallest absolute Gasteiger partial charge is 0.132 e. The van der Waals surface area contributed by atoms with Gasteiger partial charge in [0.05, 0.1) is 0 Å². The van der Waals surface area contributed by atoms with Crippen molar-refractivity contribution in [1.29, 1.82) is 0 Å². The first-order chi connectivity index (χ1) is 32.8. The number of rotatable bonds is 57. The normalized spacial score (nSPS) is 11.7. The van der Waals surface area contributed by atoms with Gasteiger partial charge in [0.1, 0.15) is 17.5 Å². The molecule has 0 saturated carbocycles. The molecule has 1 rings (SSSR count). The number of nitrogens with zero attached hydrogens (tertiary/aromatic N) is 3. The fourth-order valence-electron chi connectivity index (χ4n) is 10.3. The summed E-state index contributed by atoms with van der Waals surface area (Å²) in [5.74, 6) is 3.12.